The van der Waals surface area contributed by atoms with Crippen molar-refractivity contribution < 1.29 is 23.1 Å². The van der Waals surface area contributed by atoms with E-state index in [1.807, 2.05) is 6.92 Å². The monoisotopic (exact) mass is 265 g/mol. The van der Waals surface area contributed by atoms with Crippen LogP contribution in [0, 0.1) is 5.92 Å². The zero-order valence-corrected chi connectivity index (χ0v) is 10.9. The largest absolute Gasteiger partial charge is 0.480 e. The van der Waals surface area contributed by atoms with Gasteiger partial charge in [-0.1, -0.05) is 6.92 Å². The molecule has 1 aliphatic rings. The highest BCUT2D eigenvalue weighted by Gasteiger charge is 2.31. The second kappa shape index (κ2) is 5.79. The van der Waals surface area contributed by atoms with E-state index in [-0.39, 0.29) is 18.6 Å². The predicted molar refractivity (Wildman–Crippen MR) is 62.2 cm³/mol. The highest BCUT2D eigenvalue weighted by atomic mass is 32.2. The van der Waals surface area contributed by atoms with Crippen molar-refractivity contribution in [1.29, 1.82) is 0 Å². The van der Waals surface area contributed by atoms with Crippen LogP contribution in [0.15, 0.2) is 0 Å². The van der Waals surface area contributed by atoms with Gasteiger partial charge in [0.15, 0.2) is 5.25 Å². The van der Waals surface area contributed by atoms with Gasteiger partial charge in [0.05, 0.1) is 6.10 Å². The molecule has 0 aliphatic carbocycles. The van der Waals surface area contributed by atoms with Crippen LogP contribution in [-0.4, -0.2) is 44.0 Å². The third-order valence-corrected chi connectivity index (χ3v) is 4.81. The van der Waals surface area contributed by atoms with Crippen LogP contribution in [0.5, 0.6) is 0 Å². The van der Waals surface area contributed by atoms with Crippen LogP contribution in [-0.2, 0) is 19.6 Å². The van der Waals surface area contributed by atoms with Crippen LogP contribution in [0.2, 0.25) is 0 Å². The lowest BCUT2D eigenvalue weighted by Crippen LogP contribution is -2.40. The lowest BCUT2D eigenvalue weighted by Gasteiger charge is -2.18. The number of nitrogens with one attached hydrogen (secondary N) is 1. The Labute approximate surface area is 101 Å². The fourth-order valence-electron chi connectivity index (χ4n) is 1.86. The first kappa shape index (κ1) is 14.4. The van der Waals surface area contributed by atoms with Gasteiger partial charge in [0.2, 0.25) is 10.0 Å². The molecular weight excluding hydrogens is 246 g/mol. The van der Waals surface area contributed by atoms with Gasteiger partial charge in [0, 0.05) is 19.1 Å². The van der Waals surface area contributed by atoms with Crippen molar-refractivity contribution in [2.45, 2.75) is 38.0 Å². The summed E-state index contributed by atoms with van der Waals surface area (Å²) in [5, 5.41) is 7.24. The van der Waals surface area contributed by atoms with E-state index < -0.39 is 21.2 Å². The third kappa shape index (κ3) is 3.65. The van der Waals surface area contributed by atoms with Crippen molar-refractivity contribution >= 4 is 16.0 Å². The zero-order valence-electron chi connectivity index (χ0n) is 10.0. The minimum atomic E-state index is -3.78. The fourth-order valence-corrected chi connectivity index (χ4v) is 2.82. The second-order valence-corrected chi connectivity index (χ2v) is 6.33. The topological polar surface area (TPSA) is 92.7 Å². The van der Waals surface area contributed by atoms with Crippen LogP contribution in [0.25, 0.3) is 0 Å². The summed E-state index contributed by atoms with van der Waals surface area (Å²) in [6, 6.07) is 0. The van der Waals surface area contributed by atoms with Gasteiger partial charge < -0.3 is 9.84 Å². The zero-order chi connectivity index (χ0) is 13.1. The van der Waals surface area contributed by atoms with E-state index in [0.29, 0.717) is 6.61 Å². The van der Waals surface area contributed by atoms with Gasteiger partial charge in [0.1, 0.15) is 0 Å². The second-order valence-electron chi connectivity index (χ2n) is 4.24. The summed E-state index contributed by atoms with van der Waals surface area (Å²) in [7, 11) is -3.78. The third-order valence-electron chi connectivity index (χ3n) is 3.11. The highest BCUT2D eigenvalue weighted by Crippen LogP contribution is 2.22. The average Bonchev–Trinajstić information content (AvgIpc) is 2.72. The van der Waals surface area contributed by atoms with E-state index in [1.54, 1.807) is 0 Å². The molecule has 7 heteroatoms. The summed E-state index contributed by atoms with van der Waals surface area (Å²) < 4.78 is 31.0. The number of hydrogen-bond donors (Lipinski definition) is 2. The number of rotatable bonds is 6. The van der Waals surface area contributed by atoms with E-state index in [1.165, 1.54) is 0 Å². The van der Waals surface area contributed by atoms with Crippen LogP contribution < -0.4 is 4.72 Å². The van der Waals surface area contributed by atoms with E-state index >= 15 is 0 Å². The normalized spacial score (nSPS) is 26.9. The van der Waals surface area contributed by atoms with E-state index in [2.05, 4.69) is 4.72 Å². The molecule has 0 aromatic heterocycles. The summed E-state index contributed by atoms with van der Waals surface area (Å²) >= 11 is 0. The van der Waals surface area contributed by atoms with Crippen molar-refractivity contribution in [2.24, 2.45) is 5.92 Å². The maximum Gasteiger partial charge on any atom is 0.323 e. The van der Waals surface area contributed by atoms with Crippen LogP contribution in [0.3, 0.4) is 0 Å². The first-order chi connectivity index (χ1) is 7.88. The van der Waals surface area contributed by atoms with Gasteiger partial charge in [-0.05, 0) is 19.8 Å². The van der Waals surface area contributed by atoms with E-state index in [4.69, 9.17) is 9.84 Å². The number of hydrogen-bond acceptors (Lipinski definition) is 4. The van der Waals surface area contributed by atoms with E-state index in [0.717, 1.165) is 19.8 Å². The van der Waals surface area contributed by atoms with Gasteiger partial charge in [-0.15, -0.1) is 0 Å². The molecule has 0 radical (unpaired) electrons. The molecule has 0 amide bonds. The molecule has 3 unspecified atom stereocenters. The fraction of sp³-hybridized carbons (Fsp3) is 0.900. The Morgan fingerprint density at radius 3 is 2.76 bits per heavy atom. The Hall–Kier alpha value is -0.660. The molecule has 0 aromatic carbocycles. The minimum Gasteiger partial charge on any atom is -0.480 e. The van der Waals surface area contributed by atoms with Crippen LogP contribution in [0.1, 0.15) is 26.7 Å². The molecule has 0 aromatic rings. The quantitative estimate of drug-likeness (QED) is 0.715. The Morgan fingerprint density at radius 1 is 1.59 bits per heavy atom. The summed E-state index contributed by atoms with van der Waals surface area (Å²) in [6.07, 6.45) is 1.71. The number of carboxylic acid groups (broad SMARTS) is 1. The lowest BCUT2D eigenvalue weighted by atomic mass is 10.0. The highest BCUT2D eigenvalue weighted by molar-refractivity contribution is 7.90. The Balaban J connectivity index is 2.52. The maximum atomic E-state index is 11.6. The van der Waals surface area contributed by atoms with Crippen molar-refractivity contribution in [2.75, 3.05) is 13.2 Å². The molecule has 1 saturated heterocycles. The summed E-state index contributed by atoms with van der Waals surface area (Å²) in [4.78, 5) is 10.6. The Kier molecular flexibility index (Phi) is 4.91. The van der Waals surface area contributed by atoms with Crippen LogP contribution in [0.4, 0.5) is 0 Å². The van der Waals surface area contributed by atoms with Crippen molar-refractivity contribution in [3.63, 3.8) is 0 Å². The van der Waals surface area contributed by atoms with Crippen molar-refractivity contribution in [1.82, 2.24) is 4.72 Å². The molecule has 17 heavy (non-hydrogen) atoms. The molecule has 3 atom stereocenters. The number of sulfonamides is 1. The van der Waals surface area contributed by atoms with E-state index in [9.17, 15) is 13.2 Å². The number of carboxylic acids is 1. The molecule has 1 rings (SSSR count). The number of aliphatic carboxylic acids is 1. The molecule has 0 bridgehead atoms. The predicted octanol–water partition coefficient (Wildman–Crippen LogP) is 0.194. The molecule has 1 heterocycles. The van der Waals surface area contributed by atoms with Crippen LogP contribution >= 0.6 is 0 Å². The number of ether oxygens (including phenoxy) is 1. The van der Waals surface area contributed by atoms with Gasteiger partial charge in [-0.25, -0.2) is 13.1 Å². The number of carbonyl (C=O) groups is 1. The van der Waals surface area contributed by atoms with Gasteiger partial charge >= 0.3 is 5.97 Å². The van der Waals surface area contributed by atoms with Gasteiger partial charge in [0.25, 0.3) is 0 Å². The SMILES string of the molecule is CCC1OCCC1CNS(=O)(=O)C(C)C(=O)O. The molecule has 0 saturated carbocycles. The molecule has 1 aliphatic heterocycles. The minimum absolute atomic E-state index is 0.0674. The first-order valence-corrected chi connectivity index (χ1v) is 7.26. The standard InChI is InChI=1S/C10H19NO5S/c1-3-9-8(4-5-16-9)6-11-17(14,15)7(2)10(12)13/h7-9,11H,3-6H2,1-2H3,(H,12,13). The van der Waals surface area contributed by atoms with Gasteiger partial charge in [-0.2, -0.15) is 0 Å². The lowest BCUT2D eigenvalue weighted by molar-refractivity contribution is -0.136. The molecule has 0 spiro atoms. The van der Waals surface area contributed by atoms with Crippen molar-refractivity contribution in [3.05, 3.63) is 0 Å². The Morgan fingerprint density at radius 2 is 2.24 bits per heavy atom. The Bertz CT molecular complexity index is 367. The first-order valence-electron chi connectivity index (χ1n) is 5.71. The average molecular weight is 265 g/mol. The summed E-state index contributed by atoms with van der Waals surface area (Å²) in [6.45, 7) is 4.03. The summed E-state index contributed by atoms with van der Waals surface area (Å²) in [5.41, 5.74) is 0. The summed E-state index contributed by atoms with van der Waals surface area (Å²) in [5.74, 6) is -1.21. The molecule has 1 fully saturated rings. The maximum absolute atomic E-state index is 11.6. The molecule has 100 valence electrons. The molecule has 2 N–H and O–H groups in total. The van der Waals surface area contributed by atoms with Gasteiger partial charge in [-0.3, -0.25) is 4.79 Å². The smallest absolute Gasteiger partial charge is 0.323 e. The molecular formula is C10H19NO5S. The van der Waals surface area contributed by atoms with Crippen molar-refractivity contribution in [3.8, 4) is 0 Å². The molecule has 6 nitrogen and oxygen atoms in total.